The van der Waals surface area contributed by atoms with Gasteiger partial charge in [-0.15, -0.1) is 11.6 Å². The van der Waals surface area contributed by atoms with Crippen LogP contribution in [0.4, 0.5) is 0 Å². The molecule has 0 fully saturated rings. The molecule has 0 heterocycles. The van der Waals surface area contributed by atoms with Gasteiger partial charge < -0.3 is 4.74 Å². The van der Waals surface area contributed by atoms with Gasteiger partial charge in [0.1, 0.15) is 5.75 Å². The van der Waals surface area contributed by atoms with E-state index >= 15 is 0 Å². The Hall–Kier alpha value is -0.950. The number of alkyl halides is 1. The molecular formula is C14H17ClO. The summed E-state index contributed by atoms with van der Waals surface area (Å²) in [6.45, 7) is 0. The van der Waals surface area contributed by atoms with Crippen LogP contribution in [-0.4, -0.2) is 13.0 Å². The summed E-state index contributed by atoms with van der Waals surface area (Å²) in [4.78, 5) is 0. The van der Waals surface area contributed by atoms with Gasteiger partial charge in [-0.1, -0.05) is 18.2 Å². The fourth-order valence-electron chi connectivity index (χ4n) is 2.35. The molecule has 0 amide bonds. The van der Waals surface area contributed by atoms with Crippen molar-refractivity contribution < 1.29 is 4.74 Å². The lowest BCUT2D eigenvalue weighted by molar-refractivity contribution is 0.408. The number of rotatable bonds is 3. The van der Waals surface area contributed by atoms with E-state index in [1.165, 1.54) is 23.1 Å². The molecule has 16 heavy (non-hydrogen) atoms. The Morgan fingerprint density at radius 1 is 1.38 bits per heavy atom. The van der Waals surface area contributed by atoms with Crippen molar-refractivity contribution in [3.8, 4) is 5.75 Å². The van der Waals surface area contributed by atoms with Crippen molar-refractivity contribution in [1.29, 1.82) is 0 Å². The van der Waals surface area contributed by atoms with E-state index in [4.69, 9.17) is 16.3 Å². The van der Waals surface area contributed by atoms with Crippen LogP contribution >= 0.6 is 11.6 Å². The second-order valence-corrected chi connectivity index (χ2v) is 4.42. The molecule has 0 unspecified atom stereocenters. The molecule has 0 saturated heterocycles. The molecule has 0 bridgehead atoms. The first-order chi connectivity index (χ1) is 7.86. The molecule has 0 spiro atoms. The zero-order valence-corrected chi connectivity index (χ0v) is 10.4. The van der Waals surface area contributed by atoms with E-state index in [2.05, 4.69) is 18.2 Å². The van der Waals surface area contributed by atoms with Crippen LogP contribution in [0.1, 0.15) is 30.4 Å². The lowest BCUT2D eigenvalue weighted by atomic mass is 9.86. The molecule has 1 aliphatic rings. The second-order valence-electron chi connectivity index (χ2n) is 4.05. The molecule has 1 aliphatic carbocycles. The molecule has 0 aromatic heterocycles. The highest BCUT2D eigenvalue weighted by Gasteiger charge is 2.16. The molecule has 0 atom stereocenters. The molecule has 0 saturated carbocycles. The predicted molar refractivity (Wildman–Crippen MR) is 69.2 cm³/mol. The lowest BCUT2D eigenvalue weighted by Crippen LogP contribution is -2.04. The minimum atomic E-state index is 0.697. The van der Waals surface area contributed by atoms with Crippen LogP contribution in [0.2, 0.25) is 0 Å². The summed E-state index contributed by atoms with van der Waals surface area (Å²) in [7, 11) is 1.74. The van der Waals surface area contributed by atoms with Crippen molar-refractivity contribution in [3.63, 3.8) is 0 Å². The van der Waals surface area contributed by atoms with E-state index < -0.39 is 0 Å². The maximum Gasteiger partial charge on any atom is 0.122 e. The van der Waals surface area contributed by atoms with Gasteiger partial charge in [-0.3, -0.25) is 0 Å². The molecule has 0 aliphatic heterocycles. The van der Waals surface area contributed by atoms with E-state index in [0.717, 1.165) is 25.0 Å². The summed E-state index contributed by atoms with van der Waals surface area (Å²) in [5.41, 5.74) is 4.15. The summed E-state index contributed by atoms with van der Waals surface area (Å²) in [6.07, 6.45) is 6.72. The third-order valence-corrected chi connectivity index (χ3v) is 3.29. The number of ether oxygens (including phenoxy) is 1. The van der Waals surface area contributed by atoms with Crippen molar-refractivity contribution in [1.82, 2.24) is 0 Å². The molecule has 2 rings (SSSR count). The minimum Gasteiger partial charge on any atom is -0.496 e. The highest BCUT2D eigenvalue weighted by atomic mass is 35.5. The van der Waals surface area contributed by atoms with Gasteiger partial charge >= 0.3 is 0 Å². The Morgan fingerprint density at radius 2 is 2.25 bits per heavy atom. The summed E-state index contributed by atoms with van der Waals surface area (Å²) in [5.74, 6) is 1.72. The van der Waals surface area contributed by atoms with Crippen LogP contribution in [-0.2, 0) is 6.42 Å². The normalized spacial score (nSPS) is 17.2. The highest BCUT2D eigenvalue weighted by molar-refractivity contribution is 6.18. The van der Waals surface area contributed by atoms with E-state index in [1.54, 1.807) is 7.11 Å². The van der Waals surface area contributed by atoms with E-state index in [-0.39, 0.29) is 0 Å². The van der Waals surface area contributed by atoms with Crippen molar-refractivity contribution in [2.45, 2.75) is 25.7 Å². The average Bonchev–Trinajstić information content (AvgIpc) is 2.35. The summed E-state index contributed by atoms with van der Waals surface area (Å²) >= 11 is 5.74. The largest absolute Gasteiger partial charge is 0.496 e. The van der Waals surface area contributed by atoms with Gasteiger partial charge in [0.2, 0.25) is 0 Å². The first-order valence-corrected chi connectivity index (χ1v) is 6.31. The van der Waals surface area contributed by atoms with Crippen molar-refractivity contribution in [2.75, 3.05) is 13.0 Å². The Kier molecular flexibility index (Phi) is 3.89. The number of hydrogen-bond acceptors (Lipinski definition) is 1. The Bertz CT molecular complexity index is 396. The minimum absolute atomic E-state index is 0.697. The predicted octanol–water partition coefficient (Wildman–Crippen LogP) is 4.04. The number of fused-ring (bicyclic) bond motifs is 1. The second kappa shape index (κ2) is 5.40. The maximum atomic E-state index is 5.74. The van der Waals surface area contributed by atoms with Crippen LogP contribution in [0.5, 0.6) is 5.75 Å². The van der Waals surface area contributed by atoms with Crippen LogP contribution in [0.15, 0.2) is 24.3 Å². The molecule has 86 valence electrons. The van der Waals surface area contributed by atoms with Gasteiger partial charge in [-0.2, -0.15) is 0 Å². The third-order valence-electron chi connectivity index (χ3n) is 3.07. The van der Waals surface area contributed by atoms with Gasteiger partial charge in [0.15, 0.2) is 0 Å². The lowest BCUT2D eigenvalue weighted by Gasteiger charge is -2.21. The van der Waals surface area contributed by atoms with Crippen LogP contribution < -0.4 is 4.74 Å². The van der Waals surface area contributed by atoms with Gasteiger partial charge in [0, 0.05) is 11.4 Å². The van der Waals surface area contributed by atoms with Crippen LogP contribution in [0.3, 0.4) is 0 Å². The number of hydrogen-bond donors (Lipinski definition) is 0. The fourth-order valence-corrected chi connectivity index (χ4v) is 2.46. The Morgan fingerprint density at radius 3 is 3.00 bits per heavy atom. The fraction of sp³-hybridized carbons (Fsp3) is 0.429. The number of methoxy groups -OCH3 is 1. The number of benzene rings is 1. The first kappa shape index (κ1) is 11.5. The SMILES string of the molecule is COc1cccc2c1CCC/C2=C\CCCl. The van der Waals surface area contributed by atoms with Gasteiger partial charge in [-0.05, 0) is 42.9 Å². The molecular weight excluding hydrogens is 220 g/mol. The maximum absolute atomic E-state index is 5.74. The summed E-state index contributed by atoms with van der Waals surface area (Å²) < 4.78 is 5.41. The Balaban J connectivity index is 2.39. The smallest absolute Gasteiger partial charge is 0.122 e. The number of halogens is 1. The van der Waals surface area contributed by atoms with Crippen molar-refractivity contribution in [2.24, 2.45) is 0 Å². The summed E-state index contributed by atoms with van der Waals surface area (Å²) in [5, 5.41) is 0. The molecule has 1 nitrogen and oxygen atoms in total. The summed E-state index contributed by atoms with van der Waals surface area (Å²) in [6, 6.07) is 6.30. The standard InChI is InChI=1S/C14H17ClO/c1-16-14-9-3-7-12-11(6-4-10-15)5-2-8-13(12)14/h3,6-7,9H,2,4-5,8,10H2,1H3/b11-6+. The van der Waals surface area contributed by atoms with Gasteiger partial charge in [-0.25, -0.2) is 0 Å². The van der Waals surface area contributed by atoms with E-state index in [9.17, 15) is 0 Å². The van der Waals surface area contributed by atoms with Crippen LogP contribution in [0, 0.1) is 0 Å². The average molecular weight is 237 g/mol. The molecule has 0 radical (unpaired) electrons. The zero-order valence-electron chi connectivity index (χ0n) is 9.63. The topological polar surface area (TPSA) is 9.23 Å². The van der Waals surface area contributed by atoms with Crippen LogP contribution in [0.25, 0.3) is 5.57 Å². The van der Waals surface area contributed by atoms with Crippen molar-refractivity contribution >= 4 is 17.2 Å². The first-order valence-electron chi connectivity index (χ1n) is 5.78. The van der Waals surface area contributed by atoms with E-state index in [0.29, 0.717) is 5.88 Å². The number of allylic oxidation sites excluding steroid dienone is 2. The Labute approximate surface area is 102 Å². The highest BCUT2D eigenvalue weighted by Crippen LogP contribution is 2.36. The van der Waals surface area contributed by atoms with E-state index in [1.807, 2.05) is 6.07 Å². The van der Waals surface area contributed by atoms with Gasteiger partial charge in [0.05, 0.1) is 7.11 Å². The molecule has 1 aromatic carbocycles. The molecule has 2 heteroatoms. The quantitative estimate of drug-likeness (QED) is 0.720. The van der Waals surface area contributed by atoms with Gasteiger partial charge in [0.25, 0.3) is 0 Å². The molecule has 0 N–H and O–H groups in total. The molecule has 1 aromatic rings. The van der Waals surface area contributed by atoms with Crippen molar-refractivity contribution in [3.05, 3.63) is 35.4 Å². The monoisotopic (exact) mass is 236 g/mol. The third kappa shape index (κ3) is 2.25. The zero-order chi connectivity index (χ0) is 11.4.